The van der Waals surface area contributed by atoms with Crippen LogP contribution in [0.4, 0.5) is 5.69 Å². The molecule has 0 radical (unpaired) electrons. The molecule has 2 aromatic rings. The van der Waals surface area contributed by atoms with Crippen LogP contribution in [0.2, 0.25) is 5.02 Å². The predicted octanol–water partition coefficient (Wildman–Crippen LogP) is 4.32. The fraction of sp³-hybridized carbons (Fsp3) is 0.458. The summed E-state index contributed by atoms with van der Waals surface area (Å²) in [5.41, 5.74) is 2.03. The van der Waals surface area contributed by atoms with Crippen molar-refractivity contribution in [3.63, 3.8) is 0 Å². The van der Waals surface area contributed by atoms with E-state index in [9.17, 15) is 8.42 Å². The van der Waals surface area contributed by atoms with Crippen LogP contribution in [0.15, 0.2) is 53.5 Å². The van der Waals surface area contributed by atoms with Crippen molar-refractivity contribution in [2.45, 2.75) is 37.6 Å². The van der Waals surface area contributed by atoms with Crippen molar-refractivity contribution < 1.29 is 13.2 Å². The molecule has 0 atom stereocenters. The lowest BCUT2D eigenvalue weighted by molar-refractivity contribution is 0.261. The molecule has 0 aromatic heterocycles. The van der Waals surface area contributed by atoms with Gasteiger partial charge in [-0.05, 0) is 87.7 Å². The van der Waals surface area contributed by atoms with Gasteiger partial charge in [0.2, 0.25) is 16.0 Å². The highest BCUT2D eigenvalue weighted by molar-refractivity contribution is 7.89. The monoisotopic (exact) mass is 492 g/mol. The van der Waals surface area contributed by atoms with Crippen molar-refractivity contribution in [3.8, 4) is 5.75 Å². The molecule has 0 spiro atoms. The van der Waals surface area contributed by atoms with E-state index in [4.69, 9.17) is 16.3 Å². The minimum absolute atomic E-state index is 0.0546. The molecular weight excluding hydrogens is 460 g/mol. The molecule has 180 valence electrons. The average molecular weight is 493 g/mol. The minimum Gasteiger partial charge on any atom is -0.492 e. The van der Waals surface area contributed by atoms with Gasteiger partial charge in [0.1, 0.15) is 12.4 Å². The molecule has 0 amide bonds. The van der Waals surface area contributed by atoms with E-state index in [0.29, 0.717) is 17.5 Å². The predicted molar refractivity (Wildman–Crippen MR) is 136 cm³/mol. The first-order chi connectivity index (χ1) is 15.7. The summed E-state index contributed by atoms with van der Waals surface area (Å²) in [4.78, 5) is 6.78. The summed E-state index contributed by atoms with van der Waals surface area (Å²) in [5.74, 6) is 1.61. The number of halogens is 1. The molecule has 0 heterocycles. The van der Waals surface area contributed by atoms with Gasteiger partial charge in [-0.2, -0.15) is 0 Å². The third-order valence-electron chi connectivity index (χ3n) is 5.56. The van der Waals surface area contributed by atoms with E-state index < -0.39 is 10.0 Å². The molecule has 2 N–H and O–H groups in total. The van der Waals surface area contributed by atoms with Crippen LogP contribution in [0.1, 0.15) is 37.2 Å². The zero-order chi connectivity index (χ0) is 23.8. The second-order valence-electron chi connectivity index (χ2n) is 8.71. The lowest BCUT2D eigenvalue weighted by Crippen LogP contribution is -2.36. The molecule has 0 aliphatic heterocycles. The van der Waals surface area contributed by atoms with Crippen LogP contribution in [0.5, 0.6) is 5.75 Å². The molecule has 1 fully saturated rings. The Morgan fingerprint density at radius 3 is 2.27 bits per heavy atom. The van der Waals surface area contributed by atoms with Crippen LogP contribution in [-0.2, 0) is 10.0 Å². The lowest BCUT2D eigenvalue weighted by atomic mass is 9.82. The third-order valence-corrected chi connectivity index (χ3v) is 6.37. The van der Waals surface area contributed by atoms with Gasteiger partial charge in [-0.25, -0.2) is 13.4 Å². The van der Waals surface area contributed by atoms with E-state index in [1.54, 1.807) is 24.3 Å². The van der Waals surface area contributed by atoms with E-state index in [1.165, 1.54) is 5.56 Å². The Morgan fingerprint density at radius 1 is 1.06 bits per heavy atom. The van der Waals surface area contributed by atoms with Gasteiger partial charge in [-0.3, -0.25) is 4.72 Å². The molecule has 2 aromatic carbocycles. The van der Waals surface area contributed by atoms with Crippen LogP contribution in [0.25, 0.3) is 0 Å². The highest BCUT2D eigenvalue weighted by Crippen LogP contribution is 2.34. The topological polar surface area (TPSA) is 83.0 Å². The fourth-order valence-electron chi connectivity index (χ4n) is 3.83. The Kier molecular flexibility index (Phi) is 9.00. The standard InChI is InChI=1S/C24H33ClN4O3S/c1-29(2)16-17-32-23-14-6-19(7-15-23)18-4-10-21(11-5-18)26-24(28-33(3,30)31)27-22-12-8-20(25)9-13-22/h6-9,12-15,18,21H,4-5,10-11,16-17H2,1-3H3,(H2,26,27,28). The van der Waals surface area contributed by atoms with E-state index >= 15 is 0 Å². The second-order valence-corrected chi connectivity index (χ2v) is 10.9. The Morgan fingerprint density at radius 2 is 1.70 bits per heavy atom. The SMILES string of the molecule is CN(C)CCOc1ccc(C2CCC(N=C(Nc3ccc(Cl)cc3)NS(C)(=O)=O)CC2)cc1. The first-order valence-corrected chi connectivity index (χ1v) is 13.4. The maximum Gasteiger partial charge on any atom is 0.232 e. The second kappa shape index (κ2) is 11.7. The number of guanidine groups is 1. The molecule has 1 aliphatic carbocycles. The van der Waals surface area contributed by atoms with Gasteiger partial charge < -0.3 is 15.0 Å². The zero-order valence-electron chi connectivity index (χ0n) is 19.4. The maximum atomic E-state index is 11.8. The van der Waals surface area contributed by atoms with Crippen LogP contribution < -0.4 is 14.8 Å². The number of hydrogen-bond donors (Lipinski definition) is 2. The highest BCUT2D eigenvalue weighted by atomic mass is 35.5. The van der Waals surface area contributed by atoms with Crippen LogP contribution in [-0.4, -0.2) is 58.8 Å². The van der Waals surface area contributed by atoms with Crippen LogP contribution in [0.3, 0.4) is 0 Å². The van der Waals surface area contributed by atoms with Crippen molar-refractivity contribution in [1.29, 1.82) is 0 Å². The summed E-state index contributed by atoms with van der Waals surface area (Å²) in [6.45, 7) is 1.55. The van der Waals surface area contributed by atoms with Crippen molar-refractivity contribution >= 4 is 33.3 Å². The Labute approximate surface area is 202 Å². The number of ether oxygens (including phenoxy) is 1. The summed E-state index contributed by atoms with van der Waals surface area (Å²) < 4.78 is 31.9. The normalized spacial score (nSPS) is 19.4. The Bertz CT molecular complexity index is 1020. The summed E-state index contributed by atoms with van der Waals surface area (Å²) >= 11 is 5.94. The molecule has 0 saturated heterocycles. The number of nitrogens with zero attached hydrogens (tertiary/aromatic N) is 2. The number of anilines is 1. The molecular formula is C24H33ClN4O3S. The summed E-state index contributed by atoms with van der Waals surface area (Å²) in [7, 11) is 0.601. The summed E-state index contributed by atoms with van der Waals surface area (Å²) in [6.07, 6.45) is 4.91. The van der Waals surface area contributed by atoms with Crippen molar-refractivity contribution in [3.05, 3.63) is 59.1 Å². The molecule has 0 unspecified atom stereocenters. The van der Waals surface area contributed by atoms with Gasteiger partial charge in [0.25, 0.3) is 0 Å². The largest absolute Gasteiger partial charge is 0.492 e. The number of nitrogens with one attached hydrogen (secondary N) is 2. The number of aliphatic imine (C=N–C) groups is 1. The maximum absolute atomic E-state index is 11.8. The summed E-state index contributed by atoms with van der Waals surface area (Å²) in [5, 5.41) is 3.68. The van der Waals surface area contributed by atoms with Crippen molar-refractivity contribution in [1.82, 2.24) is 9.62 Å². The van der Waals surface area contributed by atoms with Crippen molar-refractivity contribution in [2.24, 2.45) is 4.99 Å². The molecule has 1 saturated carbocycles. The molecule has 33 heavy (non-hydrogen) atoms. The van der Waals surface area contributed by atoms with E-state index in [0.717, 1.165) is 49.9 Å². The van der Waals surface area contributed by atoms with Gasteiger partial charge in [-0.15, -0.1) is 0 Å². The molecule has 1 aliphatic rings. The van der Waals surface area contributed by atoms with Gasteiger partial charge in [-0.1, -0.05) is 23.7 Å². The quantitative estimate of drug-likeness (QED) is 0.423. The molecule has 3 rings (SSSR count). The van der Waals surface area contributed by atoms with Gasteiger partial charge >= 0.3 is 0 Å². The Hall–Kier alpha value is -2.29. The van der Waals surface area contributed by atoms with E-state index in [2.05, 4.69) is 32.1 Å². The summed E-state index contributed by atoms with van der Waals surface area (Å²) in [6, 6.07) is 15.5. The number of likely N-dealkylation sites (N-methyl/N-ethyl adjacent to an activating group) is 1. The van der Waals surface area contributed by atoms with Crippen LogP contribution >= 0.6 is 11.6 Å². The molecule has 0 bridgehead atoms. The minimum atomic E-state index is -3.46. The smallest absolute Gasteiger partial charge is 0.232 e. The number of rotatable bonds is 8. The van der Waals surface area contributed by atoms with Gasteiger partial charge in [0, 0.05) is 17.3 Å². The van der Waals surface area contributed by atoms with Gasteiger partial charge in [0.05, 0.1) is 12.3 Å². The lowest BCUT2D eigenvalue weighted by Gasteiger charge is -2.27. The van der Waals surface area contributed by atoms with E-state index in [-0.39, 0.29) is 12.0 Å². The fourth-order valence-corrected chi connectivity index (χ4v) is 4.41. The third kappa shape index (κ3) is 8.87. The molecule has 7 nitrogen and oxygen atoms in total. The first kappa shape index (κ1) is 25.3. The first-order valence-electron chi connectivity index (χ1n) is 11.1. The van der Waals surface area contributed by atoms with E-state index in [1.807, 2.05) is 26.2 Å². The number of hydrogen-bond acceptors (Lipinski definition) is 5. The number of sulfonamides is 1. The highest BCUT2D eigenvalue weighted by Gasteiger charge is 2.23. The van der Waals surface area contributed by atoms with Crippen molar-refractivity contribution in [2.75, 3.05) is 38.8 Å². The zero-order valence-corrected chi connectivity index (χ0v) is 21.0. The average Bonchev–Trinajstić information content (AvgIpc) is 2.75. The van der Waals surface area contributed by atoms with Gasteiger partial charge in [0.15, 0.2) is 0 Å². The Balaban J connectivity index is 1.58. The number of benzene rings is 2. The van der Waals surface area contributed by atoms with Crippen LogP contribution in [0, 0.1) is 0 Å². The molecule has 9 heteroatoms.